The number of hydrogen-bond acceptors (Lipinski definition) is 4. The highest BCUT2D eigenvalue weighted by Gasteiger charge is 2.32. The molecule has 1 heterocycles. The van der Waals surface area contributed by atoms with Crippen LogP contribution in [0.25, 0.3) is 10.8 Å². The summed E-state index contributed by atoms with van der Waals surface area (Å²) in [5, 5.41) is 1.67. The summed E-state index contributed by atoms with van der Waals surface area (Å²) in [5.41, 5.74) is 0.289. The molecule has 0 aliphatic rings. The Morgan fingerprint density at radius 2 is 1.82 bits per heavy atom. The maximum absolute atomic E-state index is 12.6. The highest BCUT2D eigenvalue weighted by Crippen LogP contribution is 2.48. The van der Waals surface area contributed by atoms with E-state index in [1.165, 1.54) is 0 Å². The summed E-state index contributed by atoms with van der Waals surface area (Å²) in [5.74, 6) is 0. The minimum atomic E-state index is -3.34. The molecule has 0 saturated heterocycles. The molecule has 5 heteroatoms. The van der Waals surface area contributed by atoms with Crippen molar-refractivity contribution in [1.82, 2.24) is 0 Å². The van der Waals surface area contributed by atoms with Gasteiger partial charge < -0.3 is 13.5 Å². The van der Waals surface area contributed by atoms with Gasteiger partial charge in [-0.25, -0.2) is 0 Å². The van der Waals surface area contributed by atoms with E-state index in [4.69, 9.17) is 13.5 Å². The van der Waals surface area contributed by atoms with Crippen LogP contribution < -0.4 is 5.50 Å². The lowest BCUT2D eigenvalue weighted by Crippen LogP contribution is -2.09. The van der Waals surface area contributed by atoms with E-state index in [9.17, 15) is 4.57 Å². The highest BCUT2D eigenvalue weighted by molar-refractivity contribution is 7.62. The summed E-state index contributed by atoms with van der Waals surface area (Å²) < 4.78 is 28.4. The van der Waals surface area contributed by atoms with Gasteiger partial charge >= 0.3 is 7.60 Å². The van der Waals surface area contributed by atoms with Gasteiger partial charge in [0.1, 0.15) is 0 Å². The Kier molecular flexibility index (Phi) is 3.67. The maximum atomic E-state index is 12.6. The van der Waals surface area contributed by atoms with Crippen LogP contribution in [0.3, 0.4) is 0 Å². The molecule has 0 fully saturated rings. The van der Waals surface area contributed by atoms with Gasteiger partial charge in [-0.1, -0.05) is 24.3 Å². The Morgan fingerprint density at radius 3 is 2.47 bits per heavy atom. The first-order valence-corrected chi connectivity index (χ1v) is 7.11. The smallest absolute Gasteiger partial charge is 0.396 e. The van der Waals surface area contributed by atoms with E-state index in [2.05, 4.69) is 0 Å². The van der Waals surface area contributed by atoms with Crippen molar-refractivity contribution in [2.45, 2.75) is 13.8 Å². The zero-order valence-electron chi connectivity index (χ0n) is 9.88. The normalized spacial score (nSPS) is 12.1. The number of hydrogen-bond donors (Lipinski definition) is 0. The second-order valence-electron chi connectivity index (χ2n) is 3.46. The molecule has 1 aromatic carbocycles. The minimum absolute atomic E-state index is 0.289. The Labute approximate surface area is 100 Å². The first kappa shape index (κ1) is 12.4. The van der Waals surface area contributed by atoms with E-state index in [1.807, 2.05) is 24.3 Å². The molecule has 0 unspecified atom stereocenters. The first-order chi connectivity index (χ1) is 8.21. The molecule has 0 saturated carbocycles. The van der Waals surface area contributed by atoms with Gasteiger partial charge in [0, 0.05) is 10.8 Å². The third-order valence-electron chi connectivity index (χ3n) is 2.34. The van der Waals surface area contributed by atoms with Crippen molar-refractivity contribution in [3.63, 3.8) is 0 Å². The maximum Gasteiger partial charge on any atom is 0.396 e. The van der Waals surface area contributed by atoms with Crippen molar-refractivity contribution in [2.75, 3.05) is 13.2 Å². The van der Waals surface area contributed by atoms with Crippen molar-refractivity contribution in [2.24, 2.45) is 0 Å². The Hall–Kier alpha value is -1.09. The van der Waals surface area contributed by atoms with Crippen molar-refractivity contribution in [3.8, 4) is 0 Å². The molecule has 0 N–H and O–H groups in total. The van der Waals surface area contributed by atoms with Gasteiger partial charge in [0.15, 0.2) is 0 Å². The molecule has 0 spiro atoms. The summed E-state index contributed by atoms with van der Waals surface area (Å²) in [6.45, 7) is 4.17. The SMILES string of the molecule is CCOP(=O)(OCC)c1occ2ccccc12. The predicted molar refractivity (Wildman–Crippen MR) is 66.7 cm³/mol. The van der Waals surface area contributed by atoms with Crippen LogP contribution in [0.4, 0.5) is 0 Å². The van der Waals surface area contributed by atoms with E-state index in [-0.39, 0.29) is 5.50 Å². The van der Waals surface area contributed by atoms with Crippen LogP contribution >= 0.6 is 7.60 Å². The van der Waals surface area contributed by atoms with E-state index in [0.29, 0.717) is 13.2 Å². The quantitative estimate of drug-likeness (QED) is 0.768. The molecule has 0 radical (unpaired) electrons. The van der Waals surface area contributed by atoms with Gasteiger partial charge in [0.25, 0.3) is 0 Å². The average molecular weight is 254 g/mol. The molecule has 2 rings (SSSR count). The average Bonchev–Trinajstić information content (AvgIpc) is 2.74. The Balaban J connectivity index is 2.52. The third kappa shape index (κ3) is 2.29. The van der Waals surface area contributed by atoms with Crippen molar-refractivity contribution in [1.29, 1.82) is 0 Å². The van der Waals surface area contributed by atoms with Gasteiger partial charge in [-0.2, -0.15) is 0 Å². The molecule has 92 valence electrons. The zero-order chi connectivity index (χ0) is 12.3. The Morgan fingerprint density at radius 1 is 1.18 bits per heavy atom. The highest BCUT2D eigenvalue weighted by atomic mass is 31.2. The van der Waals surface area contributed by atoms with Crippen LogP contribution in [0.2, 0.25) is 0 Å². The molecule has 1 aromatic heterocycles. The van der Waals surface area contributed by atoms with E-state index >= 15 is 0 Å². The van der Waals surface area contributed by atoms with Crippen molar-refractivity contribution >= 4 is 23.9 Å². The summed E-state index contributed by atoms with van der Waals surface area (Å²) in [6, 6.07) is 7.50. The van der Waals surface area contributed by atoms with Crippen LogP contribution in [-0.4, -0.2) is 13.2 Å². The zero-order valence-corrected chi connectivity index (χ0v) is 10.8. The number of fused-ring (bicyclic) bond motifs is 1. The van der Waals surface area contributed by atoms with Crippen molar-refractivity contribution in [3.05, 3.63) is 30.5 Å². The number of furan rings is 1. The van der Waals surface area contributed by atoms with Gasteiger partial charge in [0.05, 0.1) is 19.5 Å². The van der Waals surface area contributed by atoms with Gasteiger partial charge in [0.2, 0.25) is 5.50 Å². The lowest BCUT2D eigenvalue weighted by Gasteiger charge is -2.14. The molecule has 0 bridgehead atoms. The molecule has 0 atom stereocenters. The van der Waals surface area contributed by atoms with Gasteiger partial charge in [-0.3, -0.25) is 4.57 Å². The largest absolute Gasteiger partial charge is 0.455 e. The Bertz CT molecular complexity index is 536. The lowest BCUT2D eigenvalue weighted by atomic mass is 10.2. The molecule has 17 heavy (non-hydrogen) atoms. The first-order valence-electron chi connectivity index (χ1n) is 5.57. The molecular weight excluding hydrogens is 239 g/mol. The fourth-order valence-corrected chi connectivity index (χ4v) is 3.35. The summed E-state index contributed by atoms with van der Waals surface area (Å²) in [7, 11) is -3.34. The van der Waals surface area contributed by atoms with E-state index in [1.54, 1.807) is 20.1 Å². The van der Waals surface area contributed by atoms with Crippen LogP contribution in [0.15, 0.2) is 34.9 Å². The summed E-state index contributed by atoms with van der Waals surface area (Å²) in [4.78, 5) is 0. The number of benzene rings is 1. The molecule has 0 aliphatic heterocycles. The van der Waals surface area contributed by atoms with Crippen LogP contribution in [0, 0.1) is 0 Å². The molecular formula is C12H15O4P. The summed E-state index contributed by atoms with van der Waals surface area (Å²) >= 11 is 0. The second-order valence-corrected chi connectivity index (χ2v) is 5.38. The van der Waals surface area contributed by atoms with Gasteiger partial charge in [-0.15, -0.1) is 0 Å². The second kappa shape index (κ2) is 5.05. The molecule has 4 nitrogen and oxygen atoms in total. The topological polar surface area (TPSA) is 48.7 Å². The van der Waals surface area contributed by atoms with Crippen LogP contribution in [0.5, 0.6) is 0 Å². The van der Waals surface area contributed by atoms with Gasteiger partial charge in [-0.05, 0) is 13.8 Å². The lowest BCUT2D eigenvalue weighted by molar-refractivity contribution is 0.225. The van der Waals surface area contributed by atoms with Crippen molar-refractivity contribution < 1.29 is 18.0 Å². The van der Waals surface area contributed by atoms with E-state index in [0.717, 1.165) is 10.8 Å². The predicted octanol–water partition coefficient (Wildman–Crippen LogP) is 3.32. The summed E-state index contributed by atoms with van der Waals surface area (Å²) in [6.07, 6.45) is 1.56. The minimum Gasteiger partial charge on any atom is -0.455 e. The van der Waals surface area contributed by atoms with Crippen LogP contribution in [-0.2, 0) is 13.6 Å². The van der Waals surface area contributed by atoms with E-state index < -0.39 is 7.60 Å². The monoisotopic (exact) mass is 254 g/mol. The molecule has 0 amide bonds. The fraction of sp³-hybridized carbons (Fsp3) is 0.333. The standard InChI is InChI=1S/C12H15O4P/c1-3-15-17(13,16-4-2)12-11-8-6-5-7-10(11)9-14-12/h5-9H,3-4H2,1-2H3. The van der Waals surface area contributed by atoms with Crippen LogP contribution in [0.1, 0.15) is 13.8 Å². The molecule has 0 aliphatic carbocycles. The number of rotatable bonds is 5. The molecule has 2 aromatic rings. The fourth-order valence-electron chi connectivity index (χ4n) is 1.68. The third-order valence-corrected chi connectivity index (χ3v) is 4.38.